The van der Waals surface area contributed by atoms with E-state index in [1.165, 1.54) is 0 Å². The first-order valence-corrected chi connectivity index (χ1v) is 6.24. The van der Waals surface area contributed by atoms with E-state index in [1.54, 1.807) is 25.6 Å². The maximum absolute atomic E-state index is 11.4. The van der Waals surface area contributed by atoms with E-state index in [0.717, 1.165) is 5.75 Å². The van der Waals surface area contributed by atoms with Crippen LogP contribution in [0.4, 0.5) is 0 Å². The van der Waals surface area contributed by atoms with Crippen molar-refractivity contribution in [1.82, 2.24) is 0 Å². The Morgan fingerprint density at radius 3 is 2.73 bits per heavy atom. The van der Waals surface area contributed by atoms with Crippen LogP contribution in [0.15, 0.2) is 0 Å². The van der Waals surface area contributed by atoms with E-state index in [2.05, 4.69) is 0 Å². The van der Waals surface area contributed by atoms with E-state index < -0.39 is 5.54 Å². The minimum absolute atomic E-state index is 0.160. The molecule has 90 valence electrons. The molecule has 0 amide bonds. The van der Waals surface area contributed by atoms with Crippen LogP contribution in [0.25, 0.3) is 0 Å². The molecule has 0 fully saturated rings. The van der Waals surface area contributed by atoms with Crippen molar-refractivity contribution < 1.29 is 14.6 Å². The van der Waals surface area contributed by atoms with Crippen molar-refractivity contribution >= 4 is 17.7 Å². The summed E-state index contributed by atoms with van der Waals surface area (Å²) in [6, 6.07) is 0. The quantitative estimate of drug-likeness (QED) is 0.633. The second-order valence-electron chi connectivity index (χ2n) is 3.94. The summed E-state index contributed by atoms with van der Waals surface area (Å²) in [7, 11) is 0. The van der Waals surface area contributed by atoms with Crippen molar-refractivity contribution in [2.75, 3.05) is 24.7 Å². The van der Waals surface area contributed by atoms with Gasteiger partial charge in [0.1, 0.15) is 5.54 Å². The Kier molecular flexibility index (Phi) is 6.96. The fraction of sp³-hybridized carbons (Fsp3) is 0.900. The Morgan fingerprint density at radius 1 is 1.67 bits per heavy atom. The lowest BCUT2D eigenvalue weighted by atomic mass is 10.1. The van der Waals surface area contributed by atoms with Crippen molar-refractivity contribution in [2.24, 2.45) is 11.7 Å². The molecular formula is C10H21NO3S. The van der Waals surface area contributed by atoms with Gasteiger partial charge in [-0.1, -0.05) is 6.92 Å². The van der Waals surface area contributed by atoms with Crippen LogP contribution in [-0.4, -0.2) is 41.3 Å². The van der Waals surface area contributed by atoms with Gasteiger partial charge in [-0.25, -0.2) is 0 Å². The van der Waals surface area contributed by atoms with E-state index in [-0.39, 0.29) is 18.5 Å². The molecular weight excluding hydrogens is 214 g/mol. The van der Waals surface area contributed by atoms with Crippen LogP contribution in [0.1, 0.15) is 20.8 Å². The molecule has 0 aromatic carbocycles. The minimum atomic E-state index is -0.935. The summed E-state index contributed by atoms with van der Waals surface area (Å²) in [6.45, 7) is 5.89. The van der Waals surface area contributed by atoms with Gasteiger partial charge in [0.2, 0.25) is 0 Å². The SMILES string of the molecule is CCOC(=O)C(C)(N)CSCC(C)CO. The van der Waals surface area contributed by atoms with Crippen molar-refractivity contribution in [2.45, 2.75) is 26.3 Å². The second kappa shape index (κ2) is 7.09. The number of aliphatic hydroxyl groups is 1. The predicted molar refractivity (Wildman–Crippen MR) is 62.8 cm³/mol. The number of carbonyl (C=O) groups is 1. The van der Waals surface area contributed by atoms with Crippen LogP contribution in [0, 0.1) is 5.92 Å². The Morgan fingerprint density at radius 2 is 2.27 bits per heavy atom. The van der Waals surface area contributed by atoms with Gasteiger partial charge < -0.3 is 15.6 Å². The highest BCUT2D eigenvalue weighted by atomic mass is 32.2. The molecule has 0 radical (unpaired) electrons. The van der Waals surface area contributed by atoms with Crippen LogP contribution in [-0.2, 0) is 9.53 Å². The van der Waals surface area contributed by atoms with Crippen LogP contribution in [0.5, 0.6) is 0 Å². The number of aliphatic hydroxyl groups excluding tert-OH is 1. The van der Waals surface area contributed by atoms with E-state index in [0.29, 0.717) is 12.4 Å². The summed E-state index contributed by atoms with van der Waals surface area (Å²) in [5.41, 5.74) is 4.88. The highest BCUT2D eigenvalue weighted by molar-refractivity contribution is 7.99. The van der Waals surface area contributed by atoms with Gasteiger partial charge in [0.25, 0.3) is 0 Å². The topological polar surface area (TPSA) is 72.5 Å². The number of ether oxygens (including phenoxy) is 1. The third kappa shape index (κ3) is 6.02. The zero-order valence-electron chi connectivity index (χ0n) is 9.66. The fourth-order valence-electron chi connectivity index (χ4n) is 0.880. The molecule has 2 unspecified atom stereocenters. The van der Waals surface area contributed by atoms with Crippen molar-refractivity contribution in [1.29, 1.82) is 0 Å². The normalized spacial score (nSPS) is 16.9. The van der Waals surface area contributed by atoms with Gasteiger partial charge >= 0.3 is 5.97 Å². The number of carbonyl (C=O) groups excluding carboxylic acids is 1. The highest BCUT2D eigenvalue weighted by Gasteiger charge is 2.29. The molecule has 0 saturated carbocycles. The number of rotatable bonds is 7. The highest BCUT2D eigenvalue weighted by Crippen LogP contribution is 2.15. The standard InChI is InChI=1S/C10H21NO3S/c1-4-14-9(13)10(3,11)7-15-6-8(2)5-12/h8,12H,4-7,11H2,1-3H3. The largest absolute Gasteiger partial charge is 0.465 e. The maximum atomic E-state index is 11.4. The smallest absolute Gasteiger partial charge is 0.326 e. The van der Waals surface area contributed by atoms with Gasteiger partial charge in [0, 0.05) is 12.4 Å². The number of esters is 1. The average molecular weight is 235 g/mol. The summed E-state index contributed by atoms with van der Waals surface area (Å²) in [4.78, 5) is 11.4. The molecule has 2 atom stereocenters. The van der Waals surface area contributed by atoms with Gasteiger partial charge in [-0.05, 0) is 25.5 Å². The first-order chi connectivity index (χ1) is 6.94. The Hall–Kier alpha value is -0.260. The van der Waals surface area contributed by atoms with Crippen molar-refractivity contribution in [3.05, 3.63) is 0 Å². The molecule has 0 heterocycles. The van der Waals surface area contributed by atoms with Gasteiger partial charge in [-0.15, -0.1) is 0 Å². The summed E-state index contributed by atoms with van der Waals surface area (Å²) in [5, 5.41) is 8.82. The van der Waals surface area contributed by atoms with Crippen LogP contribution < -0.4 is 5.73 Å². The first-order valence-electron chi connectivity index (χ1n) is 5.08. The van der Waals surface area contributed by atoms with Crippen molar-refractivity contribution in [3.8, 4) is 0 Å². The van der Waals surface area contributed by atoms with Crippen LogP contribution >= 0.6 is 11.8 Å². The summed E-state index contributed by atoms with van der Waals surface area (Å²) in [6.07, 6.45) is 0. The third-order valence-corrected chi connectivity index (χ3v) is 3.47. The van der Waals surface area contributed by atoms with Gasteiger partial charge in [0.15, 0.2) is 0 Å². The summed E-state index contributed by atoms with van der Waals surface area (Å²) < 4.78 is 4.86. The molecule has 0 saturated heterocycles. The van der Waals surface area contributed by atoms with Gasteiger partial charge in [-0.3, -0.25) is 4.79 Å². The molecule has 0 bridgehead atoms. The van der Waals surface area contributed by atoms with E-state index >= 15 is 0 Å². The molecule has 0 aromatic heterocycles. The molecule has 15 heavy (non-hydrogen) atoms. The Bertz CT molecular complexity index is 197. The molecule has 0 aromatic rings. The van der Waals surface area contributed by atoms with Crippen LogP contribution in [0.2, 0.25) is 0 Å². The summed E-state index contributed by atoms with van der Waals surface area (Å²) in [5.74, 6) is 1.17. The molecule has 5 heteroatoms. The predicted octanol–water partition coefficient (Wildman–Crippen LogP) is 0.628. The van der Waals surface area contributed by atoms with Crippen LogP contribution in [0.3, 0.4) is 0 Å². The lowest BCUT2D eigenvalue weighted by molar-refractivity contribution is -0.148. The van der Waals surface area contributed by atoms with E-state index in [9.17, 15) is 4.79 Å². The number of hydrogen-bond donors (Lipinski definition) is 2. The zero-order chi connectivity index (χ0) is 11.9. The molecule has 4 nitrogen and oxygen atoms in total. The Balaban J connectivity index is 3.87. The average Bonchev–Trinajstić information content (AvgIpc) is 2.17. The second-order valence-corrected chi connectivity index (χ2v) is 4.97. The lowest BCUT2D eigenvalue weighted by Gasteiger charge is -2.22. The third-order valence-electron chi connectivity index (χ3n) is 1.86. The number of nitrogens with two attached hydrogens (primary N) is 1. The number of hydrogen-bond acceptors (Lipinski definition) is 5. The molecule has 0 aliphatic carbocycles. The first kappa shape index (κ1) is 14.7. The van der Waals surface area contributed by atoms with Gasteiger partial charge in [-0.2, -0.15) is 11.8 Å². The molecule has 0 aliphatic rings. The maximum Gasteiger partial charge on any atom is 0.326 e. The molecule has 0 aliphatic heterocycles. The zero-order valence-corrected chi connectivity index (χ0v) is 10.5. The van der Waals surface area contributed by atoms with Crippen molar-refractivity contribution in [3.63, 3.8) is 0 Å². The summed E-state index contributed by atoms with van der Waals surface area (Å²) >= 11 is 1.56. The Labute approximate surface area is 95.6 Å². The van der Waals surface area contributed by atoms with E-state index in [1.807, 2.05) is 6.92 Å². The fourth-order valence-corrected chi connectivity index (χ4v) is 2.05. The monoisotopic (exact) mass is 235 g/mol. The minimum Gasteiger partial charge on any atom is -0.465 e. The number of thioether (sulfide) groups is 1. The molecule has 0 spiro atoms. The van der Waals surface area contributed by atoms with Gasteiger partial charge in [0.05, 0.1) is 6.61 Å². The lowest BCUT2D eigenvalue weighted by Crippen LogP contribution is -2.48. The molecule has 0 rings (SSSR count). The van der Waals surface area contributed by atoms with E-state index in [4.69, 9.17) is 15.6 Å². The molecule has 3 N–H and O–H groups in total.